The minimum absolute atomic E-state index is 0.0271. The van der Waals surface area contributed by atoms with Crippen molar-refractivity contribution in [1.82, 2.24) is 0 Å². The molecule has 2 aromatic carbocycles. The molecule has 0 saturated heterocycles. The van der Waals surface area contributed by atoms with Crippen LogP contribution in [0.25, 0.3) is 0 Å². The maximum atomic E-state index is 13.8. The second-order valence-corrected chi connectivity index (χ2v) is 9.47. The summed E-state index contributed by atoms with van der Waals surface area (Å²) >= 11 is 0. The molecule has 1 saturated carbocycles. The second-order valence-electron chi connectivity index (χ2n) is 9.47. The van der Waals surface area contributed by atoms with E-state index in [2.05, 4.69) is 0 Å². The summed E-state index contributed by atoms with van der Waals surface area (Å²) in [5.74, 6) is -0.616. The van der Waals surface area contributed by atoms with Crippen molar-refractivity contribution in [1.29, 1.82) is 0 Å². The van der Waals surface area contributed by atoms with Gasteiger partial charge in [-0.1, -0.05) is 12.1 Å². The third-order valence-electron chi connectivity index (χ3n) is 7.12. The van der Waals surface area contributed by atoms with Gasteiger partial charge in [0.2, 0.25) is 0 Å². The summed E-state index contributed by atoms with van der Waals surface area (Å²) in [7, 11) is 4.46. The van der Waals surface area contributed by atoms with Crippen molar-refractivity contribution < 1.29 is 38.1 Å². The van der Waals surface area contributed by atoms with Crippen LogP contribution < -0.4 is 18.9 Å². The lowest BCUT2D eigenvalue weighted by molar-refractivity contribution is -0.136. The Morgan fingerprint density at radius 1 is 0.897 bits per heavy atom. The molecule has 1 heterocycles. The van der Waals surface area contributed by atoms with E-state index in [4.69, 9.17) is 28.7 Å². The van der Waals surface area contributed by atoms with Crippen LogP contribution in [0.3, 0.4) is 0 Å². The monoisotopic (exact) mass is 535 g/mol. The van der Waals surface area contributed by atoms with E-state index in [1.54, 1.807) is 39.3 Å². The van der Waals surface area contributed by atoms with Crippen LogP contribution in [0.15, 0.2) is 52.7 Å². The van der Waals surface area contributed by atoms with Gasteiger partial charge in [-0.25, -0.2) is 4.79 Å². The number of ketones is 1. The summed E-state index contributed by atoms with van der Waals surface area (Å²) < 4.78 is 27.0. The van der Waals surface area contributed by atoms with Gasteiger partial charge in [0.25, 0.3) is 0 Å². The number of carbonyl (C=O) groups is 3. The number of fused-ring (bicyclic) bond motifs is 1. The minimum atomic E-state index is -0.645. The van der Waals surface area contributed by atoms with Crippen LogP contribution in [-0.2, 0) is 19.1 Å². The van der Waals surface area contributed by atoms with Gasteiger partial charge in [-0.15, -0.1) is 0 Å². The first-order chi connectivity index (χ1) is 18.7. The molecule has 2 aliphatic rings. The van der Waals surface area contributed by atoms with Crippen LogP contribution in [0.1, 0.15) is 56.6 Å². The number of allylic oxidation sites excluding steroid dienone is 1. The van der Waals surface area contributed by atoms with Crippen LogP contribution in [0.5, 0.6) is 23.0 Å². The minimum Gasteiger partial charge on any atom is -0.493 e. The standard InChI is InChI=1S/C30H33NO8/c1-7-38-26-15-19(9-11-24(26)39-17(3)32)28-27(30(34)37-6)16(2)31-21-12-20(13-22(33)29(21)28)18-8-10-23(35-4)25(14-18)36-5/h8-11,14-15,20,28-29H,7,12-13H2,1-6H3/t20-,28-,29?/m0/s1. The van der Waals surface area contributed by atoms with Gasteiger partial charge in [0.05, 0.1) is 39.4 Å². The van der Waals surface area contributed by atoms with Gasteiger partial charge in [-0.05, 0) is 61.6 Å². The number of hydrogen-bond acceptors (Lipinski definition) is 9. The van der Waals surface area contributed by atoms with Gasteiger partial charge >= 0.3 is 11.9 Å². The van der Waals surface area contributed by atoms with Crippen molar-refractivity contribution in [2.45, 2.75) is 45.4 Å². The Morgan fingerprint density at radius 2 is 1.56 bits per heavy atom. The van der Waals surface area contributed by atoms with Gasteiger partial charge in [0.15, 0.2) is 23.0 Å². The molecule has 0 spiro atoms. The van der Waals surface area contributed by atoms with E-state index in [0.29, 0.717) is 52.8 Å². The lowest BCUT2D eigenvalue weighted by atomic mass is 9.66. The van der Waals surface area contributed by atoms with E-state index in [1.165, 1.54) is 14.0 Å². The zero-order chi connectivity index (χ0) is 28.3. The number of carbonyl (C=O) groups excluding carboxylic acids is 3. The Morgan fingerprint density at radius 3 is 2.21 bits per heavy atom. The highest BCUT2D eigenvalue weighted by Crippen LogP contribution is 2.48. The average Bonchev–Trinajstić information content (AvgIpc) is 2.92. The Bertz CT molecular complexity index is 1360. The normalized spacial score (nSPS) is 20.5. The predicted molar refractivity (Wildman–Crippen MR) is 144 cm³/mol. The molecule has 9 heteroatoms. The van der Waals surface area contributed by atoms with Crippen molar-refractivity contribution in [2.75, 3.05) is 27.9 Å². The molecular formula is C30H33NO8. The summed E-state index contributed by atoms with van der Waals surface area (Å²) in [5, 5.41) is 0. The summed E-state index contributed by atoms with van der Waals surface area (Å²) in [6, 6.07) is 10.7. The Balaban J connectivity index is 1.78. The molecular weight excluding hydrogens is 502 g/mol. The highest BCUT2D eigenvalue weighted by molar-refractivity contribution is 6.12. The highest BCUT2D eigenvalue weighted by Gasteiger charge is 2.46. The predicted octanol–water partition coefficient (Wildman–Crippen LogP) is 4.78. The van der Waals surface area contributed by atoms with E-state index in [9.17, 15) is 14.4 Å². The zero-order valence-corrected chi connectivity index (χ0v) is 23.0. The van der Waals surface area contributed by atoms with Crippen LogP contribution in [0, 0.1) is 5.92 Å². The topological polar surface area (TPSA) is 110 Å². The van der Waals surface area contributed by atoms with Gasteiger partial charge in [-0.2, -0.15) is 0 Å². The van der Waals surface area contributed by atoms with Crippen LogP contribution in [0.2, 0.25) is 0 Å². The number of esters is 2. The number of benzene rings is 2. The Kier molecular flexibility index (Phi) is 8.38. The first-order valence-corrected chi connectivity index (χ1v) is 12.8. The smallest absolute Gasteiger partial charge is 0.336 e. The average molecular weight is 536 g/mol. The van der Waals surface area contributed by atoms with E-state index < -0.39 is 23.8 Å². The number of ether oxygens (including phenoxy) is 5. The number of nitrogens with zero attached hydrogens (tertiary/aromatic N) is 1. The lowest BCUT2D eigenvalue weighted by Crippen LogP contribution is -2.41. The quantitative estimate of drug-likeness (QED) is 0.351. The third-order valence-corrected chi connectivity index (χ3v) is 7.12. The molecule has 4 rings (SSSR count). The molecule has 0 bridgehead atoms. The van der Waals surface area contributed by atoms with Gasteiger partial charge in [0.1, 0.15) is 5.78 Å². The number of hydrogen-bond donors (Lipinski definition) is 0. The van der Waals surface area contributed by atoms with Gasteiger partial charge in [-0.3, -0.25) is 14.6 Å². The molecule has 0 amide bonds. The third kappa shape index (κ3) is 5.53. The van der Waals surface area contributed by atoms with Crippen molar-refractivity contribution in [3.05, 3.63) is 58.8 Å². The SMILES string of the molecule is CCOc1cc([C@H]2C(C(=O)OC)=C(C)N=C3C[C@H](c4ccc(OC)c(OC)c4)CC(=O)C32)ccc1OC(C)=O. The summed E-state index contributed by atoms with van der Waals surface area (Å²) in [6.07, 6.45) is 0.811. The first-order valence-electron chi connectivity index (χ1n) is 12.8. The largest absolute Gasteiger partial charge is 0.493 e. The summed E-state index contributed by atoms with van der Waals surface area (Å²) in [6.45, 7) is 5.22. The molecule has 1 aliphatic carbocycles. The fourth-order valence-electron chi connectivity index (χ4n) is 5.48. The fraction of sp³-hybridized carbons (Fsp3) is 0.400. The molecule has 9 nitrogen and oxygen atoms in total. The molecule has 2 aromatic rings. The second kappa shape index (κ2) is 11.7. The van der Waals surface area contributed by atoms with Crippen molar-refractivity contribution in [3.8, 4) is 23.0 Å². The zero-order valence-electron chi connectivity index (χ0n) is 23.0. The molecule has 39 heavy (non-hydrogen) atoms. The van der Waals surface area contributed by atoms with Gasteiger partial charge in [0, 0.05) is 30.7 Å². The van der Waals surface area contributed by atoms with Crippen LogP contribution >= 0.6 is 0 Å². The van der Waals surface area contributed by atoms with E-state index in [-0.39, 0.29) is 23.9 Å². The Hall–Kier alpha value is -4.14. The molecule has 0 radical (unpaired) electrons. The van der Waals surface area contributed by atoms with E-state index in [0.717, 1.165) is 5.56 Å². The van der Waals surface area contributed by atoms with Crippen LogP contribution in [0.4, 0.5) is 0 Å². The molecule has 0 aromatic heterocycles. The van der Waals surface area contributed by atoms with E-state index in [1.807, 2.05) is 25.1 Å². The molecule has 1 unspecified atom stereocenters. The highest BCUT2D eigenvalue weighted by atomic mass is 16.6. The molecule has 206 valence electrons. The summed E-state index contributed by atoms with van der Waals surface area (Å²) in [4.78, 5) is 43.2. The molecule has 3 atom stereocenters. The van der Waals surface area contributed by atoms with E-state index >= 15 is 0 Å². The lowest BCUT2D eigenvalue weighted by Gasteiger charge is -2.38. The number of rotatable bonds is 8. The maximum absolute atomic E-state index is 13.8. The van der Waals surface area contributed by atoms with Crippen molar-refractivity contribution in [3.63, 3.8) is 0 Å². The molecule has 0 N–H and O–H groups in total. The maximum Gasteiger partial charge on any atom is 0.336 e. The fourth-order valence-corrected chi connectivity index (χ4v) is 5.48. The summed E-state index contributed by atoms with van der Waals surface area (Å²) in [5.41, 5.74) is 3.16. The number of aliphatic imine (C=N–C) groups is 1. The van der Waals surface area contributed by atoms with Crippen LogP contribution in [-0.4, -0.2) is 51.4 Å². The van der Waals surface area contributed by atoms with Gasteiger partial charge < -0.3 is 23.7 Å². The number of Topliss-reactive ketones (excluding diaryl/α,β-unsaturated/α-hetero) is 1. The Labute approximate surface area is 227 Å². The van der Waals surface area contributed by atoms with Crippen molar-refractivity contribution >= 4 is 23.4 Å². The number of methoxy groups -OCH3 is 3. The van der Waals surface area contributed by atoms with Crippen molar-refractivity contribution in [2.24, 2.45) is 10.9 Å². The molecule has 1 fully saturated rings. The first kappa shape index (κ1) is 27.9. The molecule has 1 aliphatic heterocycles.